The summed E-state index contributed by atoms with van der Waals surface area (Å²) in [4.78, 5) is 21.6. The SMILES string of the molecule is Cn1cc(Nc2nc(N[C@H]3C[C@H](NC(=O)OC(C)(C)C)C3)c3ccn(COCC[Si](C)(C)C)c3n2)cn1. The van der Waals surface area contributed by atoms with Gasteiger partial charge in [0, 0.05) is 46.2 Å². The van der Waals surface area contributed by atoms with Gasteiger partial charge in [-0.3, -0.25) is 4.68 Å². The summed E-state index contributed by atoms with van der Waals surface area (Å²) in [6.07, 6.45) is 6.79. The molecule has 12 heteroatoms. The molecule has 3 aromatic heterocycles. The number of carbonyl (C=O) groups is 1. The second-order valence-electron chi connectivity index (χ2n) is 12.0. The first kappa shape index (κ1) is 26.9. The van der Waals surface area contributed by atoms with E-state index in [0.717, 1.165) is 48.0 Å². The largest absolute Gasteiger partial charge is 0.444 e. The molecule has 0 aromatic carbocycles. The van der Waals surface area contributed by atoms with Crippen LogP contribution in [-0.2, 0) is 23.3 Å². The van der Waals surface area contributed by atoms with Crippen molar-refractivity contribution >= 4 is 42.7 Å². The number of anilines is 3. The van der Waals surface area contributed by atoms with E-state index in [1.54, 1.807) is 10.9 Å². The molecule has 0 saturated heterocycles. The molecule has 1 fully saturated rings. The third-order valence-electron chi connectivity index (χ3n) is 6.01. The van der Waals surface area contributed by atoms with Crippen LogP contribution in [0.3, 0.4) is 0 Å². The zero-order chi connectivity index (χ0) is 26.8. The van der Waals surface area contributed by atoms with Gasteiger partial charge in [-0.2, -0.15) is 15.1 Å². The first-order valence-corrected chi connectivity index (χ1v) is 16.5. The summed E-state index contributed by atoms with van der Waals surface area (Å²) in [6.45, 7) is 13.8. The van der Waals surface area contributed by atoms with Crippen LogP contribution in [0.15, 0.2) is 24.7 Å². The van der Waals surface area contributed by atoms with Crippen molar-refractivity contribution in [3.05, 3.63) is 24.7 Å². The fraction of sp³-hybridized carbons (Fsp3) is 0.600. The lowest BCUT2D eigenvalue weighted by Gasteiger charge is -2.37. The molecule has 1 aliphatic carbocycles. The molecule has 0 aliphatic heterocycles. The Hall–Kier alpha value is -3.12. The molecule has 0 spiro atoms. The Morgan fingerprint density at radius 2 is 1.95 bits per heavy atom. The number of hydrogen-bond donors (Lipinski definition) is 3. The Morgan fingerprint density at radius 1 is 1.19 bits per heavy atom. The van der Waals surface area contributed by atoms with Gasteiger partial charge in [0.2, 0.25) is 5.95 Å². The monoisotopic (exact) mass is 528 g/mol. The minimum atomic E-state index is -1.16. The van der Waals surface area contributed by atoms with Gasteiger partial charge in [-0.1, -0.05) is 19.6 Å². The number of rotatable bonds is 10. The Kier molecular flexibility index (Phi) is 7.79. The smallest absolute Gasteiger partial charge is 0.407 e. The Morgan fingerprint density at radius 3 is 2.59 bits per heavy atom. The van der Waals surface area contributed by atoms with Crippen LogP contribution in [0.25, 0.3) is 11.0 Å². The number of ether oxygens (including phenoxy) is 2. The first-order chi connectivity index (χ1) is 17.3. The second kappa shape index (κ2) is 10.7. The molecule has 1 amide bonds. The van der Waals surface area contributed by atoms with Crippen LogP contribution in [-0.4, -0.2) is 62.8 Å². The van der Waals surface area contributed by atoms with Crippen molar-refractivity contribution < 1.29 is 14.3 Å². The number of nitrogens with one attached hydrogen (secondary N) is 3. The summed E-state index contributed by atoms with van der Waals surface area (Å²) in [6, 6.07) is 3.38. The zero-order valence-electron chi connectivity index (χ0n) is 23.0. The molecule has 1 saturated carbocycles. The number of fused-ring (bicyclic) bond motifs is 1. The first-order valence-electron chi connectivity index (χ1n) is 12.8. The minimum Gasteiger partial charge on any atom is -0.444 e. The van der Waals surface area contributed by atoms with Gasteiger partial charge in [0.15, 0.2) is 0 Å². The van der Waals surface area contributed by atoms with E-state index in [9.17, 15) is 4.79 Å². The Labute approximate surface area is 219 Å². The van der Waals surface area contributed by atoms with Gasteiger partial charge >= 0.3 is 6.09 Å². The lowest BCUT2D eigenvalue weighted by atomic mass is 9.87. The quantitative estimate of drug-likeness (QED) is 0.256. The number of nitrogens with zero attached hydrogens (tertiary/aromatic N) is 5. The highest BCUT2D eigenvalue weighted by atomic mass is 28.3. The lowest BCUT2D eigenvalue weighted by Crippen LogP contribution is -2.50. The molecule has 0 atom stereocenters. The summed E-state index contributed by atoms with van der Waals surface area (Å²) in [5.74, 6) is 1.23. The fourth-order valence-electron chi connectivity index (χ4n) is 4.01. The van der Waals surface area contributed by atoms with Crippen LogP contribution in [0, 0.1) is 0 Å². The van der Waals surface area contributed by atoms with Gasteiger partial charge in [-0.15, -0.1) is 0 Å². The third-order valence-corrected chi connectivity index (χ3v) is 7.71. The van der Waals surface area contributed by atoms with Crippen molar-refractivity contribution in [2.75, 3.05) is 17.2 Å². The number of carbonyl (C=O) groups excluding carboxylic acids is 1. The van der Waals surface area contributed by atoms with E-state index in [0.29, 0.717) is 12.7 Å². The fourth-order valence-corrected chi connectivity index (χ4v) is 4.77. The predicted octanol–water partition coefficient (Wildman–Crippen LogP) is 4.69. The van der Waals surface area contributed by atoms with Crippen molar-refractivity contribution in [2.24, 2.45) is 7.05 Å². The van der Waals surface area contributed by atoms with Gasteiger partial charge in [0.05, 0.1) is 17.3 Å². The standard InChI is InChI=1S/C25H40N8O3Si/c1-25(2,3)36-24(34)29-18-12-17(13-18)27-21-20-8-9-33(16-35-10-11-37(5,6)7)22(20)31-23(30-21)28-19-14-26-32(4)15-19/h8-9,14-15,17-18H,10-13,16H2,1-7H3,(H,29,34)(H2,27,28,30,31)/t17-,18-. The predicted molar refractivity (Wildman–Crippen MR) is 148 cm³/mol. The van der Waals surface area contributed by atoms with Crippen molar-refractivity contribution in [3.8, 4) is 0 Å². The Bertz CT molecular complexity index is 1220. The van der Waals surface area contributed by atoms with Crippen LogP contribution in [0.4, 0.5) is 22.2 Å². The molecular weight excluding hydrogens is 488 g/mol. The molecular formula is C25H40N8O3Si. The van der Waals surface area contributed by atoms with E-state index in [4.69, 9.17) is 19.4 Å². The molecule has 0 radical (unpaired) electrons. The summed E-state index contributed by atoms with van der Waals surface area (Å²) >= 11 is 0. The normalized spacial score (nSPS) is 17.9. The van der Waals surface area contributed by atoms with Gasteiger partial charge in [0.25, 0.3) is 0 Å². The molecule has 3 heterocycles. The average Bonchev–Trinajstić information content (AvgIpc) is 3.33. The summed E-state index contributed by atoms with van der Waals surface area (Å²) in [5, 5.41) is 14.9. The minimum absolute atomic E-state index is 0.0713. The number of hydrogen-bond acceptors (Lipinski definition) is 8. The van der Waals surface area contributed by atoms with E-state index in [1.807, 2.05) is 50.8 Å². The topological polar surface area (TPSA) is 120 Å². The molecule has 3 N–H and O–H groups in total. The third kappa shape index (κ3) is 7.68. The van der Waals surface area contributed by atoms with Gasteiger partial charge in [-0.05, 0) is 45.7 Å². The van der Waals surface area contributed by atoms with Crippen LogP contribution in [0.5, 0.6) is 0 Å². The van der Waals surface area contributed by atoms with Crippen LogP contribution < -0.4 is 16.0 Å². The zero-order valence-corrected chi connectivity index (χ0v) is 24.0. The number of amides is 1. The summed E-state index contributed by atoms with van der Waals surface area (Å²) < 4.78 is 15.1. The van der Waals surface area contributed by atoms with Gasteiger partial charge in [-0.25, -0.2) is 4.79 Å². The van der Waals surface area contributed by atoms with Crippen LogP contribution in [0.1, 0.15) is 33.6 Å². The highest BCUT2D eigenvalue weighted by molar-refractivity contribution is 6.76. The maximum atomic E-state index is 12.1. The second-order valence-corrected chi connectivity index (χ2v) is 17.6. The molecule has 0 bridgehead atoms. The Balaban J connectivity index is 1.46. The summed E-state index contributed by atoms with van der Waals surface area (Å²) in [5.41, 5.74) is 1.09. The molecule has 202 valence electrons. The highest BCUT2D eigenvalue weighted by Crippen LogP contribution is 2.30. The maximum absolute atomic E-state index is 12.1. The van der Waals surface area contributed by atoms with Gasteiger partial charge in [0.1, 0.15) is 23.8 Å². The summed E-state index contributed by atoms with van der Waals surface area (Å²) in [7, 11) is 0.706. The molecule has 11 nitrogen and oxygen atoms in total. The highest BCUT2D eigenvalue weighted by Gasteiger charge is 2.32. The molecule has 4 rings (SSSR count). The number of alkyl carbamates (subject to hydrolysis) is 1. The van der Waals surface area contributed by atoms with Gasteiger partial charge < -0.3 is 30.0 Å². The maximum Gasteiger partial charge on any atom is 0.407 e. The number of aryl methyl sites for hydroxylation is 1. The molecule has 0 unspecified atom stereocenters. The van der Waals surface area contributed by atoms with E-state index < -0.39 is 13.7 Å². The lowest BCUT2D eigenvalue weighted by molar-refractivity contribution is 0.0475. The molecule has 3 aromatic rings. The van der Waals surface area contributed by atoms with Crippen molar-refractivity contribution in [1.82, 2.24) is 29.6 Å². The van der Waals surface area contributed by atoms with Crippen molar-refractivity contribution in [1.29, 1.82) is 0 Å². The number of aromatic nitrogens is 5. The average molecular weight is 529 g/mol. The van der Waals surface area contributed by atoms with Crippen LogP contribution in [0.2, 0.25) is 25.7 Å². The van der Waals surface area contributed by atoms with E-state index in [-0.39, 0.29) is 18.2 Å². The van der Waals surface area contributed by atoms with Crippen molar-refractivity contribution in [2.45, 2.75) is 83.7 Å². The van der Waals surface area contributed by atoms with Crippen molar-refractivity contribution in [3.63, 3.8) is 0 Å². The van der Waals surface area contributed by atoms with E-state index in [2.05, 4.69) is 40.7 Å². The van der Waals surface area contributed by atoms with Crippen LogP contribution >= 0.6 is 0 Å². The van der Waals surface area contributed by atoms with E-state index in [1.165, 1.54) is 0 Å². The van der Waals surface area contributed by atoms with E-state index >= 15 is 0 Å². The molecule has 1 aliphatic rings. The molecule has 37 heavy (non-hydrogen) atoms.